The van der Waals surface area contributed by atoms with Gasteiger partial charge in [0.1, 0.15) is 0 Å². The number of azo groups is 1. The van der Waals surface area contributed by atoms with Gasteiger partial charge in [-0.15, -0.1) is 0 Å². The maximum absolute atomic E-state index is 11.3. The molecule has 0 radical (unpaired) electrons. The minimum atomic E-state index is -3.02. The minimum absolute atomic E-state index is 0.184. The van der Waals surface area contributed by atoms with Gasteiger partial charge in [-0.3, -0.25) is 4.57 Å². The van der Waals surface area contributed by atoms with Crippen LogP contribution in [-0.2, 0) is 10.7 Å². The van der Waals surface area contributed by atoms with Crippen LogP contribution in [-0.4, -0.2) is 11.6 Å². The fourth-order valence-corrected chi connectivity index (χ4v) is 2.51. The van der Waals surface area contributed by atoms with Crippen molar-refractivity contribution in [2.75, 3.05) is 6.66 Å². The molecule has 4 nitrogen and oxygen atoms in total. The highest BCUT2D eigenvalue weighted by molar-refractivity contribution is 7.56. The molecular weight excluding hydrogens is 259 g/mol. The van der Waals surface area contributed by atoms with Gasteiger partial charge in [0, 0.05) is 12.8 Å². The summed E-state index contributed by atoms with van der Waals surface area (Å²) in [4.78, 5) is 9.31. The Kier molecular flexibility index (Phi) is 4.25. The highest BCUT2D eigenvalue weighted by Gasteiger charge is 2.10. The first-order valence-corrected chi connectivity index (χ1v) is 8.17. The molecule has 0 aliphatic heterocycles. The molecule has 2 aromatic rings. The first-order valence-electron chi connectivity index (χ1n) is 5.88. The van der Waals surface area contributed by atoms with Gasteiger partial charge in [-0.25, -0.2) is 0 Å². The molecule has 1 atom stereocenters. The largest absolute Gasteiger partial charge is 0.344 e. The van der Waals surface area contributed by atoms with Crippen LogP contribution in [0.25, 0.3) is 0 Å². The summed E-state index contributed by atoms with van der Waals surface area (Å²) in [5.41, 5.74) is 2.34. The Labute approximate surface area is 112 Å². The SMILES string of the molecule is CP(=O)(O)Cc1ccc(N=Nc2ccccc2)cc1. The highest BCUT2D eigenvalue weighted by Crippen LogP contribution is 2.39. The van der Waals surface area contributed by atoms with Gasteiger partial charge in [0.05, 0.1) is 11.4 Å². The van der Waals surface area contributed by atoms with Crippen molar-refractivity contribution in [2.45, 2.75) is 6.16 Å². The van der Waals surface area contributed by atoms with Gasteiger partial charge in [0.2, 0.25) is 7.37 Å². The van der Waals surface area contributed by atoms with Crippen molar-refractivity contribution >= 4 is 18.7 Å². The maximum Gasteiger partial charge on any atom is 0.201 e. The third-order valence-corrected chi connectivity index (χ3v) is 3.40. The zero-order valence-electron chi connectivity index (χ0n) is 10.6. The van der Waals surface area contributed by atoms with E-state index in [1.807, 2.05) is 30.3 Å². The molecule has 0 saturated carbocycles. The quantitative estimate of drug-likeness (QED) is 0.659. The third kappa shape index (κ3) is 4.78. The van der Waals surface area contributed by atoms with Crippen LogP contribution in [0.5, 0.6) is 0 Å². The fraction of sp³-hybridized carbons (Fsp3) is 0.143. The number of hydrogen-bond donors (Lipinski definition) is 1. The van der Waals surface area contributed by atoms with Crippen LogP contribution >= 0.6 is 7.37 Å². The zero-order valence-corrected chi connectivity index (χ0v) is 11.5. The highest BCUT2D eigenvalue weighted by atomic mass is 31.2. The Hall–Kier alpha value is -1.77. The van der Waals surface area contributed by atoms with Crippen molar-refractivity contribution in [1.82, 2.24) is 0 Å². The minimum Gasteiger partial charge on any atom is -0.344 e. The standard InChI is InChI=1S/C14H15N2O2P/c1-19(17,18)11-12-7-9-14(10-8-12)16-15-13-5-3-2-4-6-13/h2-10H,11H2,1H3,(H,17,18). The zero-order chi connectivity index (χ0) is 13.7. The van der Waals surface area contributed by atoms with E-state index in [1.165, 1.54) is 6.66 Å². The van der Waals surface area contributed by atoms with E-state index in [1.54, 1.807) is 24.3 Å². The Balaban J connectivity index is 2.07. The molecule has 0 heterocycles. The van der Waals surface area contributed by atoms with Gasteiger partial charge >= 0.3 is 0 Å². The van der Waals surface area contributed by atoms with E-state index < -0.39 is 7.37 Å². The van der Waals surface area contributed by atoms with Gasteiger partial charge < -0.3 is 4.89 Å². The van der Waals surface area contributed by atoms with Gasteiger partial charge in [-0.1, -0.05) is 30.3 Å². The lowest BCUT2D eigenvalue weighted by Gasteiger charge is -2.04. The molecule has 1 N–H and O–H groups in total. The van der Waals surface area contributed by atoms with Crippen LogP contribution in [0.4, 0.5) is 11.4 Å². The van der Waals surface area contributed by atoms with Crippen molar-refractivity contribution < 1.29 is 9.46 Å². The average molecular weight is 274 g/mol. The topological polar surface area (TPSA) is 62.0 Å². The van der Waals surface area contributed by atoms with Gasteiger partial charge in [0.15, 0.2) is 0 Å². The predicted octanol–water partition coefficient (Wildman–Crippen LogP) is 4.50. The summed E-state index contributed by atoms with van der Waals surface area (Å²) < 4.78 is 11.3. The second kappa shape index (κ2) is 5.91. The molecule has 98 valence electrons. The lowest BCUT2D eigenvalue weighted by molar-refractivity contribution is 0.484. The van der Waals surface area contributed by atoms with Crippen molar-refractivity contribution in [2.24, 2.45) is 10.2 Å². The van der Waals surface area contributed by atoms with Crippen LogP contribution < -0.4 is 0 Å². The van der Waals surface area contributed by atoms with Crippen LogP contribution in [0.2, 0.25) is 0 Å². The second-order valence-electron chi connectivity index (χ2n) is 4.41. The molecule has 5 heteroatoms. The molecule has 0 fully saturated rings. The Morgan fingerprint density at radius 2 is 1.47 bits per heavy atom. The van der Waals surface area contributed by atoms with Crippen LogP contribution in [0.3, 0.4) is 0 Å². The number of nitrogens with zero attached hydrogens (tertiary/aromatic N) is 2. The maximum atomic E-state index is 11.3. The molecule has 0 aliphatic carbocycles. The summed E-state index contributed by atoms with van der Waals surface area (Å²) in [6.07, 6.45) is 0.184. The molecular formula is C14H15N2O2P. The Morgan fingerprint density at radius 3 is 2.00 bits per heavy atom. The van der Waals surface area contributed by atoms with Gasteiger partial charge in [0.25, 0.3) is 0 Å². The fourth-order valence-electron chi connectivity index (χ4n) is 1.62. The summed E-state index contributed by atoms with van der Waals surface area (Å²) in [7, 11) is -3.02. The summed E-state index contributed by atoms with van der Waals surface area (Å²) in [5, 5.41) is 8.21. The first kappa shape index (κ1) is 13.7. The predicted molar refractivity (Wildman–Crippen MR) is 76.5 cm³/mol. The third-order valence-electron chi connectivity index (χ3n) is 2.45. The molecule has 2 rings (SSSR count). The van der Waals surface area contributed by atoms with Crippen molar-refractivity contribution in [3.05, 3.63) is 60.2 Å². The van der Waals surface area contributed by atoms with E-state index in [0.29, 0.717) is 0 Å². The number of hydrogen-bond acceptors (Lipinski definition) is 3. The summed E-state index contributed by atoms with van der Waals surface area (Å²) >= 11 is 0. The summed E-state index contributed by atoms with van der Waals surface area (Å²) in [6, 6.07) is 16.6. The molecule has 19 heavy (non-hydrogen) atoms. The average Bonchev–Trinajstić information content (AvgIpc) is 2.37. The Morgan fingerprint density at radius 1 is 0.947 bits per heavy atom. The van der Waals surface area contributed by atoms with Crippen molar-refractivity contribution in [3.8, 4) is 0 Å². The van der Waals surface area contributed by atoms with Gasteiger partial charge in [-0.05, 0) is 29.8 Å². The monoisotopic (exact) mass is 274 g/mol. The summed E-state index contributed by atoms with van der Waals surface area (Å²) in [5.74, 6) is 0. The molecule has 0 bridgehead atoms. The van der Waals surface area contributed by atoms with E-state index >= 15 is 0 Å². The molecule has 0 spiro atoms. The van der Waals surface area contributed by atoms with Gasteiger partial charge in [-0.2, -0.15) is 10.2 Å². The van der Waals surface area contributed by atoms with Crippen molar-refractivity contribution in [1.29, 1.82) is 0 Å². The van der Waals surface area contributed by atoms with E-state index in [2.05, 4.69) is 10.2 Å². The second-order valence-corrected chi connectivity index (χ2v) is 6.83. The number of benzene rings is 2. The van der Waals surface area contributed by atoms with Crippen LogP contribution in [0, 0.1) is 0 Å². The van der Waals surface area contributed by atoms with Crippen LogP contribution in [0.1, 0.15) is 5.56 Å². The van der Waals surface area contributed by atoms with E-state index in [-0.39, 0.29) is 6.16 Å². The van der Waals surface area contributed by atoms with E-state index in [0.717, 1.165) is 16.9 Å². The lowest BCUT2D eigenvalue weighted by Crippen LogP contribution is -1.84. The molecule has 0 aliphatic rings. The molecule has 0 amide bonds. The lowest BCUT2D eigenvalue weighted by atomic mass is 10.2. The molecule has 0 saturated heterocycles. The smallest absolute Gasteiger partial charge is 0.201 e. The summed E-state index contributed by atoms with van der Waals surface area (Å²) in [6.45, 7) is 1.36. The molecule has 1 unspecified atom stereocenters. The van der Waals surface area contributed by atoms with E-state index in [4.69, 9.17) is 0 Å². The number of rotatable bonds is 4. The van der Waals surface area contributed by atoms with Crippen molar-refractivity contribution in [3.63, 3.8) is 0 Å². The molecule has 2 aromatic carbocycles. The van der Waals surface area contributed by atoms with E-state index in [9.17, 15) is 9.46 Å². The van der Waals surface area contributed by atoms with Crippen LogP contribution in [0.15, 0.2) is 64.8 Å². The Bertz CT molecular complexity index is 603. The normalized spacial score (nSPS) is 14.4. The first-order chi connectivity index (χ1) is 9.03. The molecule has 0 aromatic heterocycles.